The highest BCUT2D eigenvalue weighted by molar-refractivity contribution is 7.89. The minimum Gasteiger partial charge on any atom is -0.497 e. The standard InChI is InChI=1S/C22H27N3O4S.C21H23N3O6S.CO2/c1-5-19-14-22(23-24(19)2)30(26,27)25(15-17-6-10-20(28-3)11-7-17)16-18-8-12-21(29-4)13-9-18;1-23-21(30-15-25)12-20(22-23)31(26,27)24(13-16-4-8-18(28-2)9-5-16)14-17-6-10-19(29-3)11-7-17;2-1-3/h6-14H,5,15-16H2,1-4H3;4-12,15H,13-14H2,1-3H3;. The average Bonchev–Trinajstić information content (AvgIpc) is 3.89. The molecule has 0 aliphatic carbocycles. The summed E-state index contributed by atoms with van der Waals surface area (Å²) in [7, 11) is 1.77. The number of ether oxygens (including phenoxy) is 5. The van der Waals surface area contributed by atoms with Crippen LogP contribution in [0.4, 0.5) is 0 Å². The molecule has 0 aliphatic heterocycles. The van der Waals surface area contributed by atoms with Crippen LogP contribution in [-0.2, 0) is 81.1 Å². The van der Waals surface area contributed by atoms with Crippen molar-refractivity contribution in [3.8, 4) is 28.9 Å². The molecule has 0 saturated heterocycles. The Bertz CT molecular complexity index is 2560. The molecule has 64 heavy (non-hydrogen) atoms. The highest BCUT2D eigenvalue weighted by Crippen LogP contribution is 2.26. The Morgan fingerprint density at radius 2 is 0.844 bits per heavy atom. The lowest BCUT2D eigenvalue weighted by molar-refractivity contribution is -0.191. The lowest BCUT2D eigenvalue weighted by Gasteiger charge is -2.21. The van der Waals surface area contributed by atoms with Gasteiger partial charge in [0.05, 0.1) is 28.4 Å². The zero-order chi connectivity index (χ0) is 46.9. The number of methoxy groups -OCH3 is 4. The second kappa shape index (κ2) is 23.6. The summed E-state index contributed by atoms with van der Waals surface area (Å²) in [5.74, 6) is 2.83. The van der Waals surface area contributed by atoms with Crippen LogP contribution in [0.5, 0.6) is 28.9 Å². The first-order valence-corrected chi connectivity index (χ1v) is 22.2. The predicted octanol–water partition coefficient (Wildman–Crippen LogP) is 5.17. The number of carbonyl (C=O) groups excluding carboxylic acids is 3. The fourth-order valence-electron chi connectivity index (χ4n) is 6.10. The molecule has 2 aromatic heterocycles. The SMILES string of the molecule is CCc1cc(S(=O)(=O)N(Cc2ccc(OC)cc2)Cc2ccc(OC)cc2)nn1C.COc1ccc(CN(Cc2ccc(OC)cc2)S(=O)(=O)c2cc(OC=O)n(C)n2)cc1.O=C=O. The molecule has 20 heteroatoms. The van der Waals surface area contributed by atoms with Crippen molar-refractivity contribution in [3.63, 3.8) is 0 Å². The quantitative estimate of drug-likeness (QED) is 0.0962. The van der Waals surface area contributed by atoms with Gasteiger partial charge >= 0.3 is 6.15 Å². The number of aromatic nitrogens is 4. The van der Waals surface area contributed by atoms with Crippen LogP contribution in [0.3, 0.4) is 0 Å². The summed E-state index contributed by atoms with van der Waals surface area (Å²) in [5.41, 5.74) is 4.14. The van der Waals surface area contributed by atoms with Crippen molar-refractivity contribution in [1.82, 2.24) is 28.2 Å². The highest BCUT2D eigenvalue weighted by atomic mass is 32.2. The van der Waals surface area contributed by atoms with Crippen LogP contribution >= 0.6 is 0 Å². The van der Waals surface area contributed by atoms with E-state index in [2.05, 4.69) is 10.2 Å². The summed E-state index contributed by atoms with van der Waals surface area (Å²) in [6.07, 6.45) is 0.954. The zero-order valence-corrected chi connectivity index (χ0v) is 38.0. The second-order valence-corrected chi connectivity index (χ2v) is 17.4. The Kier molecular flexibility index (Phi) is 18.3. The molecule has 0 atom stereocenters. The van der Waals surface area contributed by atoms with Gasteiger partial charge in [0.15, 0.2) is 10.1 Å². The van der Waals surface area contributed by atoms with E-state index in [1.54, 1.807) is 94.8 Å². The van der Waals surface area contributed by atoms with Crippen LogP contribution < -0.4 is 23.7 Å². The van der Waals surface area contributed by atoms with Gasteiger partial charge in [-0.1, -0.05) is 55.5 Å². The van der Waals surface area contributed by atoms with E-state index in [4.69, 9.17) is 33.3 Å². The first kappa shape index (κ1) is 49.8. The Balaban J connectivity index is 0.000000265. The maximum absolute atomic E-state index is 13.5. The Morgan fingerprint density at radius 3 is 1.11 bits per heavy atom. The lowest BCUT2D eigenvalue weighted by atomic mass is 10.2. The Hall–Kier alpha value is -6.83. The summed E-state index contributed by atoms with van der Waals surface area (Å²) in [5, 5.41) is 8.13. The summed E-state index contributed by atoms with van der Waals surface area (Å²) in [4.78, 5) is 26.9. The summed E-state index contributed by atoms with van der Waals surface area (Å²) >= 11 is 0. The molecule has 0 spiro atoms. The van der Waals surface area contributed by atoms with E-state index in [1.165, 1.54) is 26.4 Å². The average molecular weight is 919 g/mol. The molecule has 0 unspecified atom stereocenters. The van der Waals surface area contributed by atoms with Gasteiger partial charge in [-0.3, -0.25) is 9.48 Å². The molecular formula is C44H50N6O12S2. The molecule has 6 aromatic rings. The maximum Gasteiger partial charge on any atom is 0.373 e. The molecule has 2 heterocycles. The lowest BCUT2D eigenvalue weighted by Crippen LogP contribution is -2.30. The summed E-state index contributed by atoms with van der Waals surface area (Å²) in [6, 6.07) is 31.9. The van der Waals surface area contributed by atoms with Crippen LogP contribution in [-0.4, -0.2) is 86.1 Å². The summed E-state index contributed by atoms with van der Waals surface area (Å²) in [6.45, 7) is 2.85. The minimum absolute atomic E-state index is 0.0300. The number of hydrogen-bond donors (Lipinski definition) is 0. The van der Waals surface area contributed by atoms with E-state index < -0.39 is 20.0 Å². The molecule has 0 bridgehead atoms. The molecule has 340 valence electrons. The topological polar surface area (TPSA) is 208 Å². The molecule has 0 N–H and O–H groups in total. The van der Waals surface area contributed by atoms with E-state index in [-0.39, 0.29) is 54.7 Å². The number of rotatable bonds is 19. The van der Waals surface area contributed by atoms with Crippen LogP contribution in [0.1, 0.15) is 34.9 Å². The van der Waals surface area contributed by atoms with Crippen molar-refractivity contribution in [3.05, 3.63) is 137 Å². The van der Waals surface area contributed by atoms with Crippen molar-refractivity contribution >= 4 is 32.7 Å². The molecule has 0 aliphatic rings. The van der Waals surface area contributed by atoms with Crippen molar-refractivity contribution < 1.29 is 54.9 Å². The third kappa shape index (κ3) is 13.3. The normalized spacial score (nSPS) is 11.1. The van der Waals surface area contributed by atoms with Crippen molar-refractivity contribution in [2.24, 2.45) is 14.1 Å². The van der Waals surface area contributed by atoms with Crippen LogP contribution in [0.2, 0.25) is 0 Å². The van der Waals surface area contributed by atoms with Gasteiger partial charge < -0.3 is 23.7 Å². The zero-order valence-electron chi connectivity index (χ0n) is 36.4. The van der Waals surface area contributed by atoms with Gasteiger partial charge in [0.2, 0.25) is 5.88 Å². The fourth-order valence-corrected chi connectivity index (χ4v) is 8.89. The van der Waals surface area contributed by atoms with E-state index in [0.29, 0.717) is 17.9 Å². The van der Waals surface area contributed by atoms with Crippen LogP contribution in [0.25, 0.3) is 0 Å². The Morgan fingerprint density at radius 1 is 0.547 bits per heavy atom. The minimum atomic E-state index is -4.01. The van der Waals surface area contributed by atoms with E-state index >= 15 is 0 Å². The monoisotopic (exact) mass is 918 g/mol. The maximum atomic E-state index is 13.5. The number of hydrogen-bond acceptors (Lipinski definition) is 14. The fraction of sp³-hybridized carbons (Fsp3) is 0.273. The van der Waals surface area contributed by atoms with Crippen LogP contribution in [0, 0.1) is 0 Å². The largest absolute Gasteiger partial charge is 0.497 e. The number of nitrogens with zero attached hydrogens (tertiary/aromatic N) is 6. The molecular weight excluding hydrogens is 869 g/mol. The number of sulfonamides is 2. The molecule has 0 amide bonds. The second-order valence-electron chi connectivity index (χ2n) is 13.6. The molecule has 0 radical (unpaired) electrons. The van der Waals surface area contributed by atoms with Gasteiger partial charge in [0.1, 0.15) is 23.0 Å². The summed E-state index contributed by atoms with van der Waals surface area (Å²) < 4.78 is 84.9. The van der Waals surface area contributed by atoms with Crippen molar-refractivity contribution in [2.75, 3.05) is 28.4 Å². The molecule has 0 fully saturated rings. The van der Waals surface area contributed by atoms with Crippen molar-refractivity contribution in [1.29, 1.82) is 0 Å². The van der Waals surface area contributed by atoms with E-state index in [0.717, 1.165) is 39.4 Å². The van der Waals surface area contributed by atoms with Crippen LogP contribution in [0.15, 0.2) is 119 Å². The van der Waals surface area contributed by atoms with Gasteiger partial charge in [0.25, 0.3) is 26.5 Å². The first-order valence-electron chi connectivity index (χ1n) is 19.3. The van der Waals surface area contributed by atoms with Gasteiger partial charge in [-0.05, 0) is 83.3 Å². The number of aryl methyl sites for hydroxylation is 3. The number of carbonyl (C=O) groups is 1. The highest BCUT2D eigenvalue weighted by Gasteiger charge is 2.30. The van der Waals surface area contributed by atoms with E-state index in [9.17, 15) is 21.6 Å². The predicted molar refractivity (Wildman–Crippen MR) is 232 cm³/mol. The number of benzene rings is 4. The Labute approximate surface area is 372 Å². The van der Waals surface area contributed by atoms with E-state index in [1.807, 2.05) is 55.5 Å². The van der Waals surface area contributed by atoms with Gasteiger partial charge in [0, 0.05) is 52.0 Å². The molecule has 0 saturated carbocycles. The molecule has 6 rings (SSSR count). The van der Waals surface area contributed by atoms with Crippen molar-refractivity contribution in [2.45, 2.75) is 49.6 Å². The smallest absolute Gasteiger partial charge is 0.373 e. The molecule has 4 aromatic carbocycles. The van der Waals surface area contributed by atoms with Gasteiger partial charge in [-0.15, -0.1) is 0 Å². The third-order valence-corrected chi connectivity index (χ3v) is 12.9. The first-order chi connectivity index (χ1) is 30.6. The third-order valence-electron chi connectivity index (χ3n) is 9.58. The molecule has 18 nitrogen and oxygen atoms in total. The van der Waals surface area contributed by atoms with Gasteiger partial charge in [-0.25, -0.2) is 21.5 Å². The van der Waals surface area contributed by atoms with Gasteiger partial charge in [-0.2, -0.15) is 28.4 Å².